The van der Waals surface area contributed by atoms with Crippen molar-refractivity contribution in [3.05, 3.63) is 0 Å². The Morgan fingerprint density at radius 1 is 1.14 bits per heavy atom. The minimum atomic E-state index is -0.356. The van der Waals surface area contributed by atoms with Crippen molar-refractivity contribution in [2.24, 2.45) is 0 Å². The number of methoxy groups -OCH3 is 1. The standard InChI is InChI=1S/C10H21NO3/c1-14-10(13)11-8-6-4-2-3-5-7-9-12/h12H,2-9H2,1H3,(H,11,13). The summed E-state index contributed by atoms with van der Waals surface area (Å²) in [4.78, 5) is 10.6. The van der Waals surface area contributed by atoms with Gasteiger partial charge in [0.05, 0.1) is 7.11 Å². The van der Waals surface area contributed by atoms with Crippen LogP contribution >= 0.6 is 0 Å². The molecular formula is C10H21NO3. The normalized spacial score (nSPS) is 9.86. The SMILES string of the molecule is COC(=O)NCCCCCCCCO. The van der Waals surface area contributed by atoms with Gasteiger partial charge in [-0.2, -0.15) is 0 Å². The minimum absolute atomic E-state index is 0.296. The average molecular weight is 203 g/mol. The van der Waals surface area contributed by atoms with Crippen molar-refractivity contribution < 1.29 is 14.6 Å². The number of nitrogens with one attached hydrogen (secondary N) is 1. The van der Waals surface area contributed by atoms with Crippen molar-refractivity contribution in [2.75, 3.05) is 20.3 Å². The van der Waals surface area contributed by atoms with Gasteiger partial charge in [0.15, 0.2) is 0 Å². The second kappa shape index (κ2) is 10.3. The van der Waals surface area contributed by atoms with Gasteiger partial charge in [0.1, 0.15) is 0 Å². The first-order valence-corrected chi connectivity index (χ1v) is 5.24. The highest BCUT2D eigenvalue weighted by molar-refractivity contribution is 5.66. The molecule has 0 aliphatic heterocycles. The number of carbonyl (C=O) groups excluding carboxylic acids is 1. The maximum absolute atomic E-state index is 10.6. The van der Waals surface area contributed by atoms with Gasteiger partial charge in [-0.1, -0.05) is 25.7 Å². The van der Waals surface area contributed by atoms with E-state index in [-0.39, 0.29) is 6.09 Å². The molecule has 0 radical (unpaired) electrons. The van der Waals surface area contributed by atoms with E-state index in [4.69, 9.17) is 5.11 Å². The van der Waals surface area contributed by atoms with E-state index < -0.39 is 0 Å². The van der Waals surface area contributed by atoms with E-state index in [0.29, 0.717) is 13.2 Å². The predicted molar refractivity (Wildman–Crippen MR) is 55.2 cm³/mol. The lowest BCUT2D eigenvalue weighted by molar-refractivity contribution is 0.171. The van der Waals surface area contributed by atoms with Crippen LogP contribution in [0.2, 0.25) is 0 Å². The molecule has 0 heterocycles. The zero-order chi connectivity index (χ0) is 10.6. The van der Waals surface area contributed by atoms with Crippen LogP contribution in [0.15, 0.2) is 0 Å². The van der Waals surface area contributed by atoms with E-state index >= 15 is 0 Å². The molecule has 0 spiro atoms. The number of ether oxygens (including phenoxy) is 1. The van der Waals surface area contributed by atoms with Crippen molar-refractivity contribution in [3.8, 4) is 0 Å². The van der Waals surface area contributed by atoms with Crippen molar-refractivity contribution >= 4 is 6.09 Å². The Bertz CT molecular complexity index is 139. The summed E-state index contributed by atoms with van der Waals surface area (Å²) < 4.78 is 4.43. The van der Waals surface area contributed by atoms with Gasteiger partial charge >= 0.3 is 6.09 Å². The third kappa shape index (κ3) is 9.32. The highest BCUT2D eigenvalue weighted by Crippen LogP contribution is 2.04. The first kappa shape index (κ1) is 13.2. The summed E-state index contributed by atoms with van der Waals surface area (Å²) in [5, 5.41) is 11.2. The molecule has 1 amide bonds. The third-order valence-electron chi connectivity index (χ3n) is 2.04. The fourth-order valence-corrected chi connectivity index (χ4v) is 1.21. The predicted octanol–water partition coefficient (Wildman–Crippen LogP) is 1.68. The molecule has 0 bridgehead atoms. The number of alkyl carbamates (subject to hydrolysis) is 1. The molecule has 4 nitrogen and oxygen atoms in total. The Balaban J connectivity index is 2.95. The van der Waals surface area contributed by atoms with Crippen LogP contribution in [0.5, 0.6) is 0 Å². The van der Waals surface area contributed by atoms with Crippen molar-refractivity contribution in [1.82, 2.24) is 5.32 Å². The molecule has 0 aliphatic carbocycles. The van der Waals surface area contributed by atoms with E-state index in [1.165, 1.54) is 20.0 Å². The molecule has 2 N–H and O–H groups in total. The summed E-state index contributed by atoms with van der Waals surface area (Å²) in [5.41, 5.74) is 0. The quantitative estimate of drug-likeness (QED) is 0.590. The summed E-state index contributed by atoms with van der Waals surface area (Å²) in [6.45, 7) is 0.983. The molecular weight excluding hydrogens is 182 g/mol. The number of unbranched alkanes of at least 4 members (excludes halogenated alkanes) is 5. The van der Waals surface area contributed by atoms with Gasteiger partial charge < -0.3 is 15.2 Å². The lowest BCUT2D eigenvalue weighted by Gasteiger charge is -2.03. The zero-order valence-electron chi connectivity index (χ0n) is 8.92. The molecule has 0 aromatic rings. The number of carbonyl (C=O) groups is 1. The Morgan fingerprint density at radius 2 is 1.71 bits per heavy atom. The van der Waals surface area contributed by atoms with E-state index in [2.05, 4.69) is 10.1 Å². The van der Waals surface area contributed by atoms with Crippen LogP contribution < -0.4 is 5.32 Å². The van der Waals surface area contributed by atoms with E-state index in [0.717, 1.165) is 25.7 Å². The maximum atomic E-state index is 10.6. The third-order valence-corrected chi connectivity index (χ3v) is 2.04. The smallest absolute Gasteiger partial charge is 0.406 e. The van der Waals surface area contributed by atoms with Crippen LogP contribution in [0.3, 0.4) is 0 Å². The lowest BCUT2D eigenvalue weighted by Crippen LogP contribution is -2.23. The summed E-state index contributed by atoms with van der Waals surface area (Å²) in [7, 11) is 1.37. The summed E-state index contributed by atoms with van der Waals surface area (Å²) in [5.74, 6) is 0. The lowest BCUT2D eigenvalue weighted by atomic mass is 10.1. The average Bonchev–Trinajstić information content (AvgIpc) is 2.21. The number of rotatable bonds is 8. The minimum Gasteiger partial charge on any atom is -0.453 e. The van der Waals surface area contributed by atoms with Crippen molar-refractivity contribution in [1.29, 1.82) is 0 Å². The molecule has 0 aromatic carbocycles. The van der Waals surface area contributed by atoms with Gasteiger partial charge in [0, 0.05) is 13.2 Å². The van der Waals surface area contributed by atoms with Crippen LogP contribution in [0.4, 0.5) is 4.79 Å². The second-order valence-corrected chi connectivity index (χ2v) is 3.26. The molecule has 0 saturated heterocycles. The van der Waals surface area contributed by atoms with Crippen LogP contribution in [0.1, 0.15) is 38.5 Å². The van der Waals surface area contributed by atoms with Gasteiger partial charge in [0.25, 0.3) is 0 Å². The first-order valence-electron chi connectivity index (χ1n) is 5.24. The first-order chi connectivity index (χ1) is 6.81. The Labute approximate surface area is 85.6 Å². The number of aliphatic hydroxyl groups is 1. The molecule has 0 aromatic heterocycles. The summed E-state index contributed by atoms with van der Waals surface area (Å²) in [6.07, 6.45) is 6.09. The Kier molecular flexibility index (Phi) is 9.74. The van der Waals surface area contributed by atoms with Gasteiger partial charge in [-0.25, -0.2) is 4.79 Å². The van der Waals surface area contributed by atoms with Crippen LogP contribution in [-0.2, 0) is 4.74 Å². The van der Waals surface area contributed by atoms with Crippen LogP contribution in [0.25, 0.3) is 0 Å². The fraction of sp³-hybridized carbons (Fsp3) is 0.900. The van der Waals surface area contributed by atoms with E-state index in [1.807, 2.05) is 0 Å². The molecule has 0 aliphatic rings. The molecule has 0 rings (SSSR count). The number of amides is 1. The van der Waals surface area contributed by atoms with Gasteiger partial charge in [0.2, 0.25) is 0 Å². The Morgan fingerprint density at radius 3 is 2.29 bits per heavy atom. The summed E-state index contributed by atoms with van der Waals surface area (Å²) >= 11 is 0. The molecule has 4 heteroatoms. The highest BCUT2D eigenvalue weighted by atomic mass is 16.5. The zero-order valence-corrected chi connectivity index (χ0v) is 8.92. The molecule has 0 saturated carbocycles. The van der Waals surface area contributed by atoms with Crippen LogP contribution in [-0.4, -0.2) is 31.5 Å². The number of hydrogen-bond acceptors (Lipinski definition) is 3. The molecule has 0 fully saturated rings. The largest absolute Gasteiger partial charge is 0.453 e. The van der Waals surface area contributed by atoms with E-state index in [9.17, 15) is 4.79 Å². The topological polar surface area (TPSA) is 58.6 Å². The Hall–Kier alpha value is -0.770. The van der Waals surface area contributed by atoms with Crippen LogP contribution in [0, 0.1) is 0 Å². The maximum Gasteiger partial charge on any atom is 0.406 e. The van der Waals surface area contributed by atoms with Gasteiger partial charge in [-0.05, 0) is 12.8 Å². The number of aliphatic hydroxyl groups excluding tert-OH is 1. The molecule has 14 heavy (non-hydrogen) atoms. The van der Waals surface area contributed by atoms with Crippen molar-refractivity contribution in [2.45, 2.75) is 38.5 Å². The van der Waals surface area contributed by atoms with E-state index in [1.54, 1.807) is 0 Å². The molecule has 84 valence electrons. The molecule has 0 atom stereocenters. The van der Waals surface area contributed by atoms with Gasteiger partial charge in [-0.15, -0.1) is 0 Å². The fourth-order valence-electron chi connectivity index (χ4n) is 1.21. The van der Waals surface area contributed by atoms with Gasteiger partial charge in [-0.3, -0.25) is 0 Å². The highest BCUT2D eigenvalue weighted by Gasteiger charge is 1.96. The second-order valence-electron chi connectivity index (χ2n) is 3.26. The number of hydrogen-bond donors (Lipinski definition) is 2. The summed E-state index contributed by atoms with van der Waals surface area (Å²) in [6, 6.07) is 0. The monoisotopic (exact) mass is 203 g/mol. The molecule has 0 unspecified atom stereocenters. The van der Waals surface area contributed by atoms with Crippen molar-refractivity contribution in [3.63, 3.8) is 0 Å².